The number of aryl methyl sites for hydroxylation is 2. The van der Waals surface area contributed by atoms with Gasteiger partial charge in [0.1, 0.15) is 0 Å². The fourth-order valence-corrected chi connectivity index (χ4v) is 4.81. The Hall–Kier alpha value is -0.640. The molecule has 0 spiro atoms. The second-order valence-corrected chi connectivity index (χ2v) is 7.20. The highest BCUT2D eigenvalue weighted by Crippen LogP contribution is 2.35. The average molecular weight is 291 g/mol. The average Bonchev–Trinajstić information content (AvgIpc) is 3.08. The van der Waals surface area contributed by atoms with E-state index in [-0.39, 0.29) is 0 Å². The minimum atomic E-state index is 0.404. The lowest BCUT2D eigenvalue weighted by atomic mass is 9.98. The molecule has 0 amide bonds. The zero-order chi connectivity index (χ0) is 13.1. The van der Waals surface area contributed by atoms with Crippen molar-refractivity contribution in [2.24, 2.45) is 0 Å². The summed E-state index contributed by atoms with van der Waals surface area (Å²) in [5.41, 5.74) is 3.04. The van der Waals surface area contributed by atoms with Crippen LogP contribution in [-0.4, -0.2) is 6.54 Å². The van der Waals surface area contributed by atoms with Crippen LogP contribution < -0.4 is 5.32 Å². The van der Waals surface area contributed by atoms with Gasteiger partial charge in [0.25, 0.3) is 0 Å². The van der Waals surface area contributed by atoms with Crippen LogP contribution in [0.25, 0.3) is 0 Å². The molecule has 3 rings (SSSR count). The SMILES string of the molecule is CCCNC(c1ccsc1)c1cc2c(s1)CCCC2. The second-order valence-electron chi connectivity index (χ2n) is 5.25. The van der Waals surface area contributed by atoms with Gasteiger partial charge in [0.05, 0.1) is 6.04 Å². The lowest BCUT2D eigenvalue weighted by Gasteiger charge is -2.15. The maximum Gasteiger partial charge on any atom is 0.0679 e. The number of hydrogen-bond donors (Lipinski definition) is 1. The largest absolute Gasteiger partial charge is 0.306 e. The molecule has 1 aliphatic carbocycles. The van der Waals surface area contributed by atoms with E-state index in [0.717, 1.165) is 6.54 Å². The van der Waals surface area contributed by atoms with Crippen LogP contribution >= 0.6 is 22.7 Å². The highest BCUT2D eigenvalue weighted by molar-refractivity contribution is 7.12. The Bertz CT molecular complexity index is 489. The first-order valence-corrected chi connectivity index (χ1v) is 9.01. The van der Waals surface area contributed by atoms with Crippen molar-refractivity contribution in [3.8, 4) is 0 Å². The molecule has 0 saturated heterocycles. The van der Waals surface area contributed by atoms with Crippen molar-refractivity contribution in [2.45, 2.75) is 45.1 Å². The van der Waals surface area contributed by atoms with Crippen LogP contribution in [0, 0.1) is 0 Å². The summed E-state index contributed by atoms with van der Waals surface area (Å²) in [5, 5.41) is 8.18. The molecule has 1 nitrogen and oxygen atoms in total. The van der Waals surface area contributed by atoms with E-state index < -0.39 is 0 Å². The summed E-state index contributed by atoms with van der Waals surface area (Å²) in [5.74, 6) is 0. The van der Waals surface area contributed by atoms with Gasteiger partial charge in [0, 0.05) is 9.75 Å². The number of fused-ring (bicyclic) bond motifs is 1. The van der Waals surface area contributed by atoms with Gasteiger partial charge in [-0.1, -0.05) is 6.92 Å². The van der Waals surface area contributed by atoms with Crippen molar-refractivity contribution in [2.75, 3.05) is 6.54 Å². The summed E-state index contributed by atoms with van der Waals surface area (Å²) in [6.45, 7) is 3.32. The maximum atomic E-state index is 3.71. The van der Waals surface area contributed by atoms with E-state index in [2.05, 4.69) is 35.1 Å². The van der Waals surface area contributed by atoms with E-state index in [1.165, 1.54) is 42.5 Å². The molecule has 0 saturated carbocycles. The Kier molecular flexibility index (Phi) is 4.36. The zero-order valence-corrected chi connectivity index (χ0v) is 13.1. The van der Waals surface area contributed by atoms with Crippen molar-refractivity contribution >= 4 is 22.7 Å². The molecule has 0 bridgehead atoms. The van der Waals surface area contributed by atoms with Crippen LogP contribution in [0.5, 0.6) is 0 Å². The van der Waals surface area contributed by atoms with Gasteiger partial charge >= 0.3 is 0 Å². The first-order valence-electron chi connectivity index (χ1n) is 7.25. The van der Waals surface area contributed by atoms with E-state index in [1.54, 1.807) is 21.8 Å². The number of rotatable bonds is 5. The van der Waals surface area contributed by atoms with Crippen molar-refractivity contribution < 1.29 is 0 Å². The van der Waals surface area contributed by atoms with E-state index in [9.17, 15) is 0 Å². The molecule has 0 aromatic carbocycles. The topological polar surface area (TPSA) is 12.0 Å². The summed E-state index contributed by atoms with van der Waals surface area (Å²) in [4.78, 5) is 3.15. The summed E-state index contributed by atoms with van der Waals surface area (Å²) < 4.78 is 0. The van der Waals surface area contributed by atoms with Crippen LogP contribution in [0.3, 0.4) is 0 Å². The van der Waals surface area contributed by atoms with Crippen LogP contribution in [0.2, 0.25) is 0 Å². The highest BCUT2D eigenvalue weighted by atomic mass is 32.1. The molecule has 0 radical (unpaired) electrons. The van der Waals surface area contributed by atoms with Crippen molar-refractivity contribution in [3.05, 3.63) is 43.8 Å². The van der Waals surface area contributed by atoms with Gasteiger partial charge < -0.3 is 5.32 Å². The van der Waals surface area contributed by atoms with Gasteiger partial charge in [0.2, 0.25) is 0 Å². The number of hydrogen-bond acceptors (Lipinski definition) is 3. The minimum Gasteiger partial charge on any atom is -0.306 e. The molecule has 102 valence electrons. The van der Waals surface area contributed by atoms with Gasteiger partial charge in [-0.15, -0.1) is 11.3 Å². The predicted molar refractivity (Wildman–Crippen MR) is 85.4 cm³/mol. The van der Waals surface area contributed by atoms with Crippen LogP contribution in [0.4, 0.5) is 0 Å². The van der Waals surface area contributed by atoms with E-state index >= 15 is 0 Å². The first kappa shape index (κ1) is 13.3. The molecule has 1 N–H and O–H groups in total. The quantitative estimate of drug-likeness (QED) is 0.836. The molecule has 0 fully saturated rings. The molecule has 3 heteroatoms. The van der Waals surface area contributed by atoms with Crippen molar-refractivity contribution in [1.29, 1.82) is 0 Å². The summed E-state index contributed by atoms with van der Waals surface area (Å²) in [7, 11) is 0. The predicted octanol–water partition coefficient (Wildman–Crippen LogP) is 4.78. The third-order valence-corrected chi connectivity index (χ3v) is 5.78. The molecule has 2 aromatic rings. The monoisotopic (exact) mass is 291 g/mol. The molecular formula is C16H21NS2. The molecule has 1 atom stereocenters. The Morgan fingerprint density at radius 1 is 1.32 bits per heavy atom. The van der Waals surface area contributed by atoms with Gasteiger partial charge in [-0.2, -0.15) is 11.3 Å². The molecule has 2 aromatic heterocycles. The van der Waals surface area contributed by atoms with E-state index in [1.807, 2.05) is 11.3 Å². The van der Waals surface area contributed by atoms with Gasteiger partial charge in [-0.25, -0.2) is 0 Å². The van der Waals surface area contributed by atoms with Crippen LogP contribution in [0.1, 0.15) is 53.1 Å². The molecule has 2 heterocycles. The summed E-state index contributed by atoms with van der Waals surface area (Å²) in [6.07, 6.45) is 6.51. The Balaban J connectivity index is 1.88. The van der Waals surface area contributed by atoms with Crippen molar-refractivity contribution in [1.82, 2.24) is 5.32 Å². The molecule has 19 heavy (non-hydrogen) atoms. The van der Waals surface area contributed by atoms with E-state index in [4.69, 9.17) is 0 Å². The summed E-state index contributed by atoms with van der Waals surface area (Å²) >= 11 is 3.83. The normalized spacial score (nSPS) is 16.3. The highest BCUT2D eigenvalue weighted by Gasteiger charge is 2.20. The first-order chi connectivity index (χ1) is 9.38. The summed E-state index contributed by atoms with van der Waals surface area (Å²) in [6, 6.07) is 5.13. The molecule has 1 unspecified atom stereocenters. The van der Waals surface area contributed by atoms with Gasteiger partial charge in [-0.05, 0) is 72.7 Å². The Labute approximate surface area is 123 Å². The smallest absolute Gasteiger partial charge is 0.0679 e. The lowest BCUT2D eigenvalue weighted by molar-refractivity contribution is 0.607. The zero-order valence-electron chi connectivity index (χ0n) is 11.4. The molecule has 1 aliphatic rings. The molecular weight excluding hydrogens is 270 g/mol. The van der Waals surface area contributed by atoms with E-state index in [0.29, 0.717) is 6.04 Å². The van der Waals surface area contributed by atoms with Gasteiger partial charge in [-0.3, -0.25) is 0 Å². The number of nitrogens with one attached hydrogen (secondary N) is 1. The minimum absolute atomic E-state index is 0.404. The third-order valence-electron chi connectivity index (χ3n) is 3.78. The second kappa shape index (κ2) is 6.21. The fraction of sp³-hybridized carbons (Fsp3) is 0.500. The third kappa shape index (κ3) is 2.93. The Morgan fingerprint density at radius 2 is 2.21 bits per heavy atom. The van der Waals surface area contributed by atoms with Crippen molar-refractivity contribution in [3.63, 3.8) is 0 Å². The fourth-order valence-electron chi connectivity index (χ4n) is 2.77. The Morgan fingerprint density at radius 3 is 2.95 bits per heavy atom. The van der Waals surface area contributed by atoms with Crippen LogP contribution in [-0.2, 0) is 12.8 Å². The van der Waals surface area contributed by atoms with Gasteiger partial charge in [0.15, 0.2) is 0 Å². The standard InChI is InChI=1S/C16H21NS2/c1-2-8-17-16(13-7-9-18-11-13)15-10-12-5-3-4-6-14(12)19-15/h7,9-11,16-17H,2-6,8H2,1H3. The lowest BCUT2D eigenvalue weighted by Crippen LogP contribution is -2.21. The maximum absolute atomic E-state index is 3.71. The molecule has 0 aliphatic heterocycles. The number of thiophene rings is 2. The van der Waals surface area contributed by atoms with Crippen LogP contribution in [0.15, 0.2) is 22.9 Å².